The Labute approximate surface area is 129 Å². The van der Waals surface area contributed by atoms with Crippen molar-refractivity contribution in [1.82, 2.24) is 0 Å². The summed E-state index contributed by atoms with van der Waals surface area (Å²) in [5.74, 6) is 0. The zero-order valence-electron chi connectivity index (χ0n) is 12.4. The van der Waals surface area contributed by atoms with Crippen LogP contribution in [0.3, 0.4) is 0 Å². The van der Waals surface area contributed by atoms with Crippen LogP contribution in [0.15, 0.2) is 48.6 Å². The van der Waals surface area contributed by atoms with Crippen LogP contribution in [0.5, 0.6) is 0 Å². The molecule has 2 aliphatic rings. The van der Waals surface area contributed by atoms with Crippen molar-refractivity contribution in [2.45, 2.75) is 24.9 Å². The van der Waals surface area contributed by atoms with Gasteiger partial charge in [0.15, 0.2) is 0 Å². The van der Waals surface area contributed by atoms with Crippen LogP contribution in [-0.2, 0) is 0 Å². The molecule has 0 amide bonds. The molecule has 2 unspecified atom stereocenters. The number of benzene rings is 2. The lowest BCUT2D eigenvalue weighted by Gasteiger charge is -2.16. The van der Waals surface area contributed by atoms with Crippen molar-refractivity contribution in [2.24, 2.45) is 0 Å². The molecule has 2 aromatic rings. The fraction of sp³-hybridized carbons (Fsp3) is 0.200. The topological polar surface area (TPSA) is 0 Å². The highest BCUT2D eigenvalue weighted by Gasteiger charge is 2.26. The van der Waals surface area contributed by atoms with E-state index in [1.54, 1.807) is 0 Å². The fourth-order valence-electron chi connectivity index (χ4n) is 3.48. The summed E-state index contributed by atoms with van der Waals surface area (Å²) >= 11 is 0. The zero-order valence-corrected chi connectivity index (χ0v) is 13.4. The zero-order chi connectivity index (χ0) is 14.4. The molecule has 0 aliphatic heterocycles. The molecule has 2 radical (unpaired) electrons. The number of hydrogen-bond donors (Lipinski definition) is 0. The number of rotatable bonds is 2. The predicted octanol–water partition coefficient (Wildman–Crippen LogP) is 4.84. The van der Waals surface area contributed by atoms with E-state index in [4.69, 9.17) is 0 Å². The minimum atomic E-state index is 0.584. The summed E-state index contributed by atoms with van der Waals surface area (Å²) in [4.78, 5) is 0. The Morgan fingerprint density at radius 3 is 1.67 bits per heavy atom. The van der Waals surface area contributed by atoms with Crippen LogP contribution in [0.1, 0.15) is 44.5 Å². The van der Waals surface area contributed by atoms with E-state index in [0.29, 0.717) is 11.1 Å². The predicted molar refractivity (Wildman–Crippen MR) is 91.7 cm³/mol. The van der Waals surface area contributed by atoms with Crippen LogP contribution in [0, 0.1) is 13.8 Å². The van der Waals surface area contributed by atoms with Gasteiger partial charge in [0.2, 0.25) is 0 Å². The van der Waals surface area contributed by atoms with Crippen molar-refractivity contribution in [3.05, 3.63) is 81.9 Å². The van der Waals surface area contributed by atoms with Gasteiger partial charge in [-0.2, -0.15) is 0 Å². The van der Waals surface area contributed by atoms with Gasteiger partial charge in [-0.3, -0.25) is 0 Å². The summed E-state index contributed by atoms with van der Waals surface area (Å²) in [6.45, 7) is 4.42. The maximum absolute atomic E-state index is 2.40. The van der Waals surface area contributed by atoms with E-state index in [-0.39, 0.29) is 0 Å². The number of aryl methyl sites for hydroxylation is 2. The van der Waals surface area contributed by atoms with Crippen molar-refractivity contribution < 1.29 is 0 Å². The molecule has 0 saturated carbocycles. The second-order valence-corrected chi connectivity index (χ2v) is 7.57. The maximum Gasteiger partial charge on any atom is 0.0670 e. The largest absolute Gasteiger partial charge is 0.0796 e. The standard InChI is InChI=1S/C20H18Si/c1-13-5-3-7-17-15(13)9-11-19(17)21-20-12-10-16-14(2)6-4-8-18(16)20/h3-12,19-20H,1-2H3. The Morgan fingerprint density at radius 1 is 0.714 bits per heavy atom. The molecular weight excluding hydrogens is 268 g/mol. The monoisotopic (exact) mass is 286 g/mol. The second-order valence-electron chi connectivity index (χ2n) is 6.00. The van der Waals surface area contributed by atoms with E-state index in [0.717, 1.165) is 9.52 Å². The van der Waals surface area contributed by atoms with Crippen molar-refractivity contribution in [1.29, 1.82) is 0 Å². The van der Waals surface area contributed by atoms with Gasteiger partial charge >= 0.3 is 0 Å². The van der Waals surface area contributed by atoms with Crippen LogP contribution >= 0.6 is 0 Å². The number of hydrogen-bond acceptors (Lipinski definition) is 0. The van der Waals surface area contributed by atoms with Crippen molar-refractivity contribution in [2.75, 3.05) is 0 Å². The van der Waals surface area contributed by atoms with Crippen LogP contribution in [0.4, 0.5) is 0 Å². The summed E-state index contributed by atoms with van der Waals surface area (Å²) in [7, 11) is 0.893. The van der Waals surface area contributed by atoms with Gasteiger partial charge in [0.25, 0.3) is 0 Å². The van der Waals surface area contributed by atoms with Gasteiger partial charge in [-0.05, 0) is 58.3 Å². The highest BCUT2D eigenvalue weighted by Crippen LogP contribution is 2.38. The molecule has 0 aromatic heterocycles. The van der Waals surface area contributed by atoms with Crippen LogP contribution < -0.4 is 0 Å². The molecule has 2 aliphatic carbocycles. The van der Waals surface area contributed by atoms with Crippen molar-refractivity contribution >= 4 is 21.7 Å². The van der Waals surface area contributed by atoms with Gasteiger partial charge in [-0.15, -0.1) is 0 Å². The van der Waals surface area contributed by atoms with Gasteiger partial charge in [0.05, 0.1) is 9.52 Å². The number of fused-ring (bicyclic) bond motifs is 2. The Hall–Kier alpha value is -1.86. The van der Waals surface area contributed by atoms with Gasteiger partial charge in [-0.25, -0.2) is 0 Å². The normalized spacial score (nSPS) is 21.6. The first-order valence-electron chi connectivity index (χ1n) is 7.55. The SMILES string of the molecule is Cc1cccc2c1C=CC2[Si]C1C=Cc2c(C)cccc21. The third-order valence-corrected chi connectivity index (χ3v) is 6.38. The lowest BCUT2D eigenvalue weighted by atomic mass is 10.0. The molecule has 1 heteroatoms. The van der Waals surface area contributed by atoms with E-state index < -0.39 is 0 Å². The smallest absolute Gasteiger partial charge is 0.0670 e. The fourth-order valence-corrected chi connectivity index (χ4v) is 5.14. The highest BCUT2D eigenvalue weighted by molar-refractivity contribution is 6.43. The molecule has 2 aromatic carbocycles. The van der Waals surface area contributed by atoms with Gasteiger partial charge in [0, 0.05) is 0 Å². The molecule has 21 heavy (non-hydrogen) atoms. The molecule has 0 nitrogen and oxygen atoms in total. The molecule has 0 fully saturated rings. The first kappa shape index (κ1) is 12.8. The summed E-state index contributed by atoms with van der Waals surface area (Å²) in [6.07, 6.45) is 9.44. The molecule has 0 heterocycles. The molecule has 0 spiro atoms. The Balaban J connectivity index is 1.64. The lowest BCUT2D eigenvalue weighted by Crippen LogP contribution is -2.12. The van der Waals surface area contributed by atoms with Gasteiger partial charge in [-0.1, -0.05) is 60.7 Å². The number of allylic oxidation sites excluding steroid dienone is 2. The first-order valence-corrected chi connectivity index (χ1v) is 8.71. The van der Waals surface area contributed by atoms with Crippen molar-refractivity contribution in [3.63, 3.8) is 0 Å². The third-order valence-electron chi connectivity index (χ3n) is 4.66. The Bertz CT molecular complexity index is 702. The lowest BCUT2D eigenvalue weighted by molar-refractivity contribution is 1.12. The average molecular weight is 286 g/mol. The Morgan fingerprint density at radius 2 is 1.19 bits per heavy atom. The van der Waals surface area contributed by atoms with E-state index in [1.807, 2.05) is 0 Å². The summed E-state index contributed by atoms with van der Waals surface area (Å²) < 4.78 is 0. The average Bonchev–Trinajstić information content (AvgIpc) is 3.07. The van der Waals surface area contributed by atoms with Gasteiger partial charge < -0.3 is 0 Å². The molecule has 0 N–H and O–H groups in total. The molecule has 4 rings (SSSR count). The van der Waals surface area contributed by atoms with Crippen LogP contribution in [0.25, 0.3) is 12.2 Å². The van der Waals surface area contributed by atoms with E-state index in [2.05, 4.69) is 74.5 Å². The molecule has 0 bridgehead atoms. The maximum atomic E-state index is 2.40. The van der Waals surface area contributed by atoms with E-state index in [1.165, 1.54) is 33.4 Å². The Kier molecular flexibility index (Phi) is 2.97. The minimum Gasteiger partial charge on any atom is -0.0796 e. The molecule has 102 valence electrons. The molecule has 2 atom stereocenters. The van der Waals surface area contributed by atoms with Gasteiger partial charge in [0.1, 0.15) is 0 Å². The van der Waals surface area contributed by atoms with Crippen molar-refractivity contribution in [3.8, 4) is 0 Å². The quantitative estimate of drug-likeness (QED) is 0.693. The van der Waals surface area contributed by atoms with E-state index in [9.17, 15) is 0 Å². The highest BCUT2D eigenvalue weighted by atomic mass is 28.2. The van der Waals surface area contributed by atoms with E-state index >= 15 is 0 Å². The molecular formula is C20H18Si. The molecule has 0 saturated heterocycles. The summed E-state index contributed by atoms with van der Waals surface area (Å²) in [6, 6.07) is 13.4. The second kappa shape index (κ2) is 4.85. The minimum absolute atomic E-state index is 0.584. The first-order chi connectivity index (χ1) is 10.2. The third kappa shape index (κ3) is 2.04. The van der Waals surface area contributed by atoms with Crippen LogP contribution in [-0.4, -0.2) is 9.52 Å². The van der Waals surface area contributed by atoms with Crippen LogP contribution in [0.2, 0.25) is 0 Å². The summed E-state index contributed by atoms with van der Waals surface area (Å²) in [5, 5.41) is 0. The summed E-state index contributed by atoms with van der Waals surface area (Å²) in [5.41, 5.74) is 9.89.